The Kier molecular flexibility index (Phi) is 10.1. The zero-order chi connectivity index (χ0) is 19.6. The SMILES string of the molecule is C[C@@H](CCCOCc1ccccc1)C(O)[C@@H](C)C(=O)C(C)(C)CCCO. The smallest absolute Gasteiger partial charge is 0.143 e. The number of hydrogen-bond acceptors (Lipinski definition) is 4. The van der Waals surface area contributed by atoms with Crippen molar-refractivity contribution in [2.75, 3.05) is 13.2 Å². The van der Waals surface area contributed by atoms with Gasteiger partial charge in [0, 0.05) is 24.5 Å². The molecule has 0 saturated heterocycles. The summed E-state index contributed by atoms with van der Waals surface area (Å²) in [6, 6.07) is 10.1. The highest BCUT2D eigenvalue weighted by molar-refractivity contribution is 5.86. The molecular formula is C22H36O4. The summed E-state index contributed by atoms with van der Waals surface area (Å²) in [5.74, 6) is -0.280. The van der Waals surface area contributed by atoms with Gasteiger partial charge in [-0.3, -0.25) is 4.79 Å². The van der Waals surface area contributed by atoms with Crippen LogP contribution in [0.1, 0.15) is 58.9 Å². The summed E-state index contributed by atoms with van der Waals surface area (Å²) in [5, 5.41) is 19.6. The van der Waals surface area contributed by atoms with E-state index < -0.39 is 17.4 Å². The van der Waals surface area contributed by atoms with Crippen molar-refractivity contribution in [3.8, 4) is 0 Å². The van der Waals surface area contributed by atoms with Crippen LogP contribution in [0.5, 0.6) is 0 Å². The molecule has 0 heterocycles. The summed E-state index contributed by atoms with van der Waals surface area (Å²) in [6.07, 6.45) is 2.28. The van der Waals surface area contributed by atoms with Gasteiger partial charge >= 0.3 is 0 Å². The first-order valence-corrected chi connectivity index (χ1v) is 9.74. The molecule has 4 heteroatoms. The van der Waals surface area contributed by atoms with Crippen LogP contribution < -0.4 is 0 Å². The highest BCUT2D eigenvalue weighted by Gasteiger charge is 2.35. The predicted molar refractivity (Wildman–Crippen MR) is 105 cm³/mol. The van der Waals surface area contributed by atoms with Crippen LogP contribution >= 0.6 is 0 Å². The van der Waals surface area contributed by atoms with E-state index in [0.29, 0.717) is 26.1 Å². The first-order valence-electron chi connectivity index (χ1n) is 9.74. The molecule has 0 aliphatic carbocycles. The number of rotatable bonds is 13. The summed E-state index contributed by atoms with van der Waals surface area (Å²) in [5.41, 5.74) is 0.645. The minimum absolute atomic E-state index is 0.0444. The monoisotopic (exact) mass is 364 g/mol. The van der Waals surface area contributed by atoms with Gasteiger partial charge in [0.05, 0.1) is 12.7 Å². The fourth-order valence-electron chi connectivity index (χ4n) is 3.35. The Morgan fingerprint density at radius 3 is 2.42 bits per heavy atom. The van der Waals surface area contributed by atoms with Gasteiger partial charge in [-0.1, -0.05) is 58.0 Å². The van der Waals surface area contributed by atoms with Crippen LogP contribution in [0.4, 0.5) is 0 Å². The third kappa shape index (κ3) is 7.56. The molecule has 1 unspecified atom stereocenters. The van der Waals surface area contributed by atoms with Crippen molar-refractivity contribution in [3.05, 3.63) is 35.9 Å². The highest BCUT2D eigenvalue weighted by Crippen LogP contribution is 2.30. The lowest BCUT2D eigenvalue weighted by Crippen LogP contribution is -2.39. The van der Waals surface area contributed by atoms with Crippen LogP contribution in [0.15, 0.2) is 30.3 Å². The molecule has 1 aromatic carbocycles. The Labute approximate surface area is 158 Å². The van der Waals surface area contributed by atoms with Gasteiger partial charge in [-0.2, -0.15) is 0 Å². The molecule has 0 aromatic heterocycles. The number of aliphatic hydroxyl groups excluding tert-OH is 2. The normalized spacial score (nSPS) is 15.5. The van der Waals surface area contributed by atoms with E-state index in [1.54, 1.807) is 0 Å². The summed E-state index contributed by atoms with van der Waals surface area (Å²) < 4.78 is 5.68. The highest BCUT2D eigenvalue weighted by atomic mass is 16.5. The van der Waals surface area contributed by atoms with Crippen LogP contribution in [-0.2, 0) is 16.1 Å². The molecule has 0 fully saturated rings. The Balaban J connectivity index is 2.34. The van der Waals surface area contributed by atoms with Gasteiger partial charge in [-0.05, 0) is 37.2 Å². The van der Waals surface area contributed by atoms with Gasteiger partial charge < -0.3 is 14.9 Å². The number of carbonyl (C=O) groups is 1. The second kappa shape index (κ2) is 11.5. The standard InChI is InChI=1S/C22H36O4/c1-17(10-8-15-26-16-19-11-6-5-7-12-19)20(24)18(2)21(25)22(3,4)13-9-14-23/h5-7,11-12,17-18,20,23-24H,8-10,13-16H2,1-4H3/t17-,18+,20?/m0/s1. The molecular weight excluding hydrogens is 328 g/mol. The molecule has 2 N–H and O–H groups in total. The summed E-state index contributed by atoms with van der Waals surface area (Å²) in [6.45, 7) is 8.95. The van der Waals surface area contributed by atoms with Crippen molar-refractivity contribution in [2.45, 2.75) is 66.1 Å². The average Bonchev–Trinajstić information content (AvgIpc) is 2.64. The molecule has 0 radical (unpaired) electrons. The topological polar surface area (TPSA) is 66.8 Å². The zero-order valence-corrected chi connectivity index (χ0v) is 16.8. The Morgan fingerprint density at radius 1 is 1.15 bits per heavy atom. The number of Topliss-reactive ketones (excluding diaryl/α,β-unsaturated/α-hetero) is 1. The maximum Gasteiger partial charge on any atom is 0.143 e. The zero-order valence-electron chi connectivity index (χ0n) is 16.8. The molecule has 0 spiro atoms. The molecule has 3 atom stereocenters. The number of aliphatic hydroxyl groups is 2. The van der Waals surface area contributed by atoms with Crippen LogP contribution in [0.3, 0.4) is 0 Å². The maximum absolute atomic E-state index is 12.7. The van der Waals surface area contributed by atoms with E-state index in [2.05, 4.69) is 0 Å². The fraction of sp³-hybridized carbons (Fsp3) is 0.682. The van der Waals surface area contributed by atoms with Gasteiger partial charge in [0.1, 0.15) is 5.78 Å². The minimum Gasteiger partial charge on any atom is -0.396 e. The molecule has 1 rings (SSSR count). The first-order chi connectivity index (χ1) is 12.3. The molecule has 148 valence electrons. The number of hydrogen-bond donors (Lipinski definition) is 2. The van der Waals surface area contributed by atoms with E-state index in [4.69, 9.17) is 9.84 Å². The molecule has 0 amide bonds. The van der Waals surface area contributed by atoms with Gasteiger partial charge in [-0.25, -0.2) is 0 Å². The fourth-order valence-corrected chi connectivity index (χ4v) is 3.35. The van der Waals surface area contributed by atoms with E-state index in [1.807, 2.05) is 58.0 Å². The number of ether oxygens (including phenoxy) is 1. The predicted octanol–water partition coefficient (Wildman–Crippen LogP) is 3.98. The van der Waals surface area contributed by atoms with Crippen molar-refractivity contribution < 1.29 is 19.7 Å². The second-order valence-corrected chi connectivity index (χ2v) is 8.01. The van der Waals surface area contributed by atoms with Crippen molar-refractivity contribution in [3.63, 3.8) is 0 Å². The molecule has 4 nitrogen and oxygen atoms in total. The van der Waals surface area contributed by atoms with Crippen LogP contribution in [0, 0.1) is 17.3 Å². The Morgan fingerprint density at radius 2 is 1.81 bits per heavy atom. The summed E-state index contributed by atoms with van der Waals surface area (Å²) >= 11 is 0. The quantitative estimate of drug-likeness (QED) is 0.520. The maximum atomic E-state index is 12.7. The van der Waals surface area contributed by atoms with Crippen molar-refractivity contribution in [1.29, 1.82) is 0 Å². The van der Waals surface area contributed by atoms with E-state index in [1.165, 1.54) is 0 Å². The minimum atomic E-state index is -0.648. The lowest BCUT2D eigenvalue weighted by Gasteiger charge is -2.31. The lowest BCUT2D eigenvalue weighted by molar-refractivity contribution is -0.136. The van der Waals surface area contributed by atoms with Gasteiger partial charge in [0.2, 0.25) is 0 Å². The number of benzene rings is 1. The summed E-state index contributed by atoms with van der Waals surface area (Å²) in [4.78, 5) is 12.7. The van der Waals surface area contributed by atoms with Crippen molar-refractivity contribution in [2.24, 2.45) is 17.3 Å². The number of carbonyl (C=O) groups excluding carboxylic acids is 1. The summed E-state index contributed by atoms with van der Waals surface area (Å²) in [7, 11) is 0. The van der Waals surface area contributed by atoms with Crippen LogP contribution in [-0.4, -0.2) is 35.3 Å². The van der Waals surface area contributed by atoms with Crippen LogP contribution in [0.25, 0.3) is 0 Å². The first kappa shape index (κ1) is 22.8. The van der Waals surface area contributed by atoms with Crippen LogP contribution in [0.2, 0.25) is 0 Å². The second-order valence-electron chi connectivity index (χ2n) is 8.01. The van der Waals surface area contributed by atoms with E-state index >= 15 is 0 Å². The molecule has 0 aliphatic heterocycles. The molecule has 0 bridgehead atoms. The molecule has 1 aromatic rings. The van der Waals surface area contributed by atoms with Crippen molar-refractivity contribution in [1.82, 2.24) is 0 Å². The van der Waals surface area contributed by atoms with Gasteiger partial charge in [0.15, 0.2) is 0 Å². The third-order valence-electron chi connectivity index (χ3n) is 5.20. The van der Waals surface area contributed by atoms with Gasteiger partial charge in [-0.15, -0.1) is 0 Å². The molecule has 0 saturated carbocycles. The van der Waals surface area contributed by atoms with Crippen molar-refractivity contribution >= 4 is 5.78 Å². The van der Waals surface area contributed by atoms with E-state index in [0.717, 1.165) is 18.4 Å². The van der Waals surface area contributed by atoms with E-state index in [9.17, 15) is 9.90 Å². The number of ketones is 1. The van der Waals surface area contributed by atoms with Gasteiger partial charge in [0.25, 0.3) is 0 Å². The van der Waals surface area contributed by atoms with E-state index in [-0.39, 0.29) is 18.3 Å². The average molecular weight is 365 g/mol. The largest absolute Gasteiger partial charge is 0.396 e. The molecule has 26 heavy (non-hydrogen) atoms. The molecule has 0 aliphatic rings. The Hall–Kier alpha value is -1.23. The third-order valence-corrected chi connectivity index (χ3v) is 5.20. The Bertz CT molecular complexity index is 512. The lowest BCUT2D eigenvalue weighted by atomic mass is 9.74.